The van der Waals surface area contributed by atoms with Crippen LogP contribution in [-0.2, 0) is 4.74 Å². The number of allylic oxidation sites excluding steroid dienone is 3. The quantitative estimate of drug-likeness (QED) is 0.913. The van der Waals surface area contributed by atoms with Crippen molar-refractivity contribution < 1.29 is 4.74 Å². The first-order valence-corrected chi connectivity index (χ1v) is 8.73. The molecule has 24 heavy (non-hydrogen) atoms. The third-order valence-electron chi connectivity index (χ3n) is 4.57. The van der Waals surface area contributed by atoms with E-state index in [1.807, 2.05) is 0 Å². The number of nitrogens with one attached hydrogen (secondary N) is 1. The van der Waals surface area contributed by atoms with Crippen molar-refractivity contribution in [3.05, 3.63) is 47.8 Å². The molecule has 0 atom stereocenters. The number of hydrogen-bond donors (Lipinski definition) is 1. The molecule has 2 aliphatic rings. The van der Waals surface area contributed by atoms with Crippen molar-refractivity contribution in [2.45, 2.75) is 20.3 Å². The summed E-state index contributed by atoms with van der Waals surface area (Å²) in [6, 6.07) is 8.53. The minimum absolute atomic E-state index is 0.157. The second-order valence-electron chi connectivity index (χ2n) is 7.57. The van der Waals surface area contributed by atoms with Crippen molar-refractivity contribution in [3.63, 3.8) is 0 Å². The minimum atomic E-state index is 0.157. The van der Waals surface area contributed by atoms with E-state index in [4.69, 9.17) is 4.74 Å². The first kappa shape index (κ1) is 16.9. The fraction of sp³-hybridized carbons (Fsp3) is 0.500. The average molecular weight is 327 g/mol. The molecule has 1 aliphatic carbocycles. The normalized spacial score (nSPS) is 20.2. The van der Waals surface area contributed by atoms with Crippen molar-refractivity contribution in [2.75, 3.05) is 50.6 Å². The number of ether oxygens (including phenoxy) is 1. The molecule has 4 nitrogen and oxygen atoms in total. The van der Waals surface area contributed by atoms with Crippen LogP contribution in [0.3, 0.4) is 0 Å². The first-order chi connectivity index (χ1) is 11.4. The lowest BCUT2D eigenvalue weighted by Crippen LogP contribution is -2.37. The highest BCUT2D eigenvalue weighted by Gasteiger charge is 2.26. The molecule has 1 aromatic carbocycles. The van der Waals surface area contributed by atoms with Crippen LogP contribution in [0, 0.1) is 5.41 Å². The zero-order valence-electron chi connectivity index (χ0n) is 15.3. The van der Waals surface area contributed by atoms with Gasteiger partial charge in [0.05, 0.1) is 13.2 Å². The van der Waals surface area contributed by atoms with Crippen LogP contribution in [0.1, 0.15) is 20.3 Å². The molecule has 0 radical (unpaired) electrons. The lowest BCUT2D eigenvalue weighted by Gasteiger charge is -2.37. The zero-order chi connectivity index (χ0) is 17.2. The van der Waals surface area contributed by atoms with Crippen molar-refractivity contribution in [2.24, 2.45) is 5.41 Å². The zero-order valence-corrected chi connectivity index (χ0v) is 15.3. The van der Waals surface area contributed by atoms with Gasteiger partial charge in [-0.05, 0) is 36.1 Å². The minimum Gasteiger partial charge on any atom is -0.378 e. The Morgan fingerprint density at radius 3 is 2.62 bits per heavy atom. The summed E-state index contributed by atoms with van der Waals surface area (Å²) in [5, 5.41) is 3.60. The Kier molecular flexibility index (Phi) is 4.86. The van der Waals surface area contributed by atoms with Gasteiger partial charge in [0.15, 0.2) is 0 Å². The highest BCUT2D eigenvalue weighted by atomic mass is 16.5. The number of benzene rings is 1. The maximum atomic E-state index is 5.50. The molecule has 0 bridgehead atoms. The predicted octanol–water partition coefficient (Wildman–Crippen LogP) is 3.69. The van der Waals surface area contributed by atoms with Crippen molar-refractivity contribution in [3.8, 4) is 0 Å². The van der Waals surface area contributed by atoms with Gasteiger partial charge in [0, 0.05) is 50.0 Å². The Labute approximate surface area is 145 Å². The Hall–Kier alpha value is -1.94. The van der Waals surface area contributed by atoms with E-state index in [-0.39, 0.29) is 5.41 Å². The van der Waals surface area contributed by atoms with E-state index >= 15 is 0 Å². The molecular formula is C20H29N3O. The van der Waals surface area contributed by atoms with Crippen molar-refractivity contribution >= 4 is 11.4 Å². The number of anilines is 2. The standard InChI is InChI=1S/C20H29N3O/c1-20(2)14-17(13-19(15-20)23-8-10-24-11-9-23)21-16-6-5-7-18(12-16)22(3)4/h5-7,12-14,21H,8-11,15H2,1-4H3. The molecular weight excluding hydrogens is 298 g/mol. The predicted molar refractivity (Wildman–Crippen MR) is 101 cm³/mol. The summed E-state index contributed by atoms with van der Waals surface area (Å²) < 4.78 is 5.50. The van der Waals surface area contributed by atoms with Gasteiger partial charge in [-0.1, -0.05) is 26.0 Å². The SMILES string of the molecule is CN(C)c1cccc(NC2=CC(C)(C)CC(N3CCOCC3)=C2)c1. The van der Waals surface area contributed by atoms with Crippen molar-refractivity contribution in [1.29, 1.82) is 0 Å². The van der Waals surface area contributed by atoms with Crippen molar-refractivity contribution in [1.82, 2.24) is 4.90 Å². The highest BCUT2D eigenvalue weighted by Crippen LogP contribution is 2.35. The number of rotatable bonds is 4. The molecule has 1 heterocycles. The summed E-state index contributed by atoms with van der Waals surface area (Å²) in [6.45, 7) is 8.25. The topological polar surface area (TPSA) is 27.7 Å². The van der Waals surface area contributed by atoms with E-state index in [0.29, 0.717) is 0 Å². The number of nitrogens with zero attached hydrogens (tertiary/aromatic N) is 2. The molecule has 1 aromatic rings. The van der Waals surface area contributed by atoms with Gasteiger partial charge < -0.3 is 19.9 Å². The van der Waals surface area contributed by atoms with Gasteiger partial charge in [0.25, 0.3) is 0 Å². The molecule has 3 rings (SSSR count). The molecule has 1 saturated heterocycles. The van der Waals surface area contributed by atoms with E-state index in [9.17, 15) is 0 Å². The lowest BCUT2D eigenvalue weighted by atomic mass is 9.82. The van der Waals surface area contributed by atoms with Crippen LogP contribution in [0.25, 0.3) is 0 Å². The molecule has 4 heteroatoms. The van der Waals surface area contributed by atoms with E-state index in [1.165, 1.54) is 17.1 Å². The van der Waals surface area contributed by atoms with Gasteiger partial charge >= 0.3 is 0 Å². The lowest BCUT2D eigenvalue weighted by molar-refractivity contribution is 0.0500. The second-order valence-corrected chi connectivity index (χ2v) is 7.57. The molecule has 0 saturated carbocycles. The van der Waals surface area contributed by atoms with E-state index in [1.54, 1.807) is 0 Å². The third kappa shape index (κ3) is 4.12. The molecule has 0 aromatic heterocycles. The molecule has 1 N–H and O–H groups in total. The largest absolute Gasteiger partial charge is 0.378 e. The fourth-order valence-electron chi connectivity index (χ4n) is 3.37. The molecule has 1 fully saturated rings. The smallest absolute Gasteiger partial charge is 0.0642 e. The Morgan fingerprint density at radius 2 is 1.92 bits per heavy atom. The van der Waals surface area contributed by atoms with Crippen LogP contribution in [-0.4, -0.2) is 45.3 Å². The van der Waals surface area contributed by atoms with Crippen LogP contribution in [0.15, 0.2) is 47.8 Å². The Balaban J connectivity index is 1.81. The fourth-order valence-corrected chi connectivity index (χ4v) is 3.37. The Bertz CT molecular complexity index is 640. The molecule has 0 spiro atoms. The third-order valence-corrected chi connectivity index (χ3v) is 4.57. The molecule has 0 amide bonds. The van der Waals surface area contributed by atoms with E-state index in [2.05, 4.69) is 79.5 Å². The number of hydrogen-bond acceptors (Lipinski definition) is 4. The van der Waals surface area contributed by atoms with Gasteiger partial charge in [-0.25, -0.2) is 0 Å². The molecule has 130 valence electrons. The monoisotopic (exact) mass is 327 g/mol. The van der Waals surface area contributed by atoms with Gasteiger partial charge in [-0.3, -0.25) is 0 Å². The Morgan fingerprint density at radius 1 is 1.17 bits per heavy atom. The maximum Gasteiger partial charge on any atom is 0.0642 e. The van der Waals surface area contributed by atoms with Gasteiger partial charge in [0.1, 0.15) is 0 Å². The average Bonchev–Trinajstić information content (AvgIpc) is 2.54. The van der Waals surface area contributed by atoms with Gasteiger partial charge in [0.2, 0.25) is 0 Å². The summed E-state index contributed by atoms with van der Waals surface area (Å²) in [4.78, 5) is 4.59. The van der Waals surface area contributed by atoms with E-state index in [0.717, 1.165) is 38.4 Å². The maximum absolute atomic E-state index is 5.50. The summed E-state index contributed by atoms with van der Waals surface area (Å²) in [5.74, 6) is 0. The second kappa shape index (κ2) is 6.89. The van der Waals surface area contributed by atoms with Crippen LogP contribution in [0.2, 0.25) is 0 Å². The van der Waals surface area contributed by atoms with Gasteiger partial charge in [-0.15, -0.1) is 0 Å². The van der Waals surface area contributed by atoms with E-state index < -0.39 is 0 Å². The number of morpholine rings is 1. The molecule has 1 aliphatic heterocycles. The summed E-state index contributed by atoms with van der Waals surface area (Å²) in [6.07, 6.45) is 5.73. The summed E-state index contributed by atoms with van der Waals surface area (Å²) in [5.41, 5.74) is 5.08. The highest BCUT2D eigenvalue weighted by molar-refractivity contribution is 5.61. The van der Waals surface area contributed by atoms with Crippen LogP contribution < -0.4 is 10.2 Å². The summed E-state index contributed by atoms with van der Waals surface area (Å²) >= 11 is 0. The first-order valence-electron chi connectivity index (χ1n) is 8.73. The van der Waals surface area contributed by atoms with Crippen LogP contribution >= 0.6 is 0 Å². The summed E-state index contributed by atoms with van der Waals surface area (Å²) in [7, 11) is 4.14. The van der Waals surface area contributed by atoms with Crippen LogP contribution in [0.4, 0.5) is 11.4 Å². The molecule has 0 unspecified atom stereocenters. The van der Waals surface area contributed by atoms with Crippen LogP contribution in [0.5, 0.6) is 0 Å². The van der Waals surface area contributed by atoms with Gasteiger partial charge in [-0.2, -0.15) is 0 Å².